The Hall–Kier alpha value is -2.49. The monoisotopic (exact) mass is 502 g/mol. The highest BCUT2D eigenvalue weighted by Gasteiger charge is 2.42. The highest BCUT2D eigenvalue weighted by atomic mass is 35.5. The Balaban J connectivity index is 1.64. The van der Waals surface area contributed by atoms with Crippen LogP contribution in [0.5, 0.6) is 0 Å². The van der Waals surface area contributed by atoms with E-state index in [1.165, 1.54) is 4.90 Å². The summed E-state index contributed by atoms with van der Waals surface area (Å²) >= 11 is 6.18. The van der Waals surface area contributed by atoms with Crippen molar-refractivity contribution in [3.05, 3.63) is 51.9 Å². The summed E-state index contributed by atoms with van der Waals surface area (Å²) in [6.45, 7) is 0.197. The predicted molar refractivity (Wildman–Crippen MR) is 116 cm³/mol. The normalized spacial score (nSPS) is 19.7. The SMILES string of the molecule is FC(F)(F)c1cc(C(F)(F)F)nc(N2CCc3c([nH]c4ccc(Cl)cc34)[C@@H]2CC2CCCC2)n1. The first-order chi connectivity index (χ1) is 16.0. The maximum Gasteiger partial charge on any atom is 0.433 e. The smallest absolute Gasteiger partial charge is 0.356 e. The molecule has 0 saturated heterocycles. The Morgan fingerprint density at radius 1 is 0.971 bits per heavy atom. The van der Waals surface area contributed by atoms with E-state index < -0.39 is 35.7 Å². The van der Waals surface area contributed by atoms with Crippen molar-refractivity contribution in [3.8, 4) is 0 Å². The first-order valence-corrected chi connectivity index (χ1v) is 11.5. The minimum Gasteiger partial charge on any atom is -0.356 e. The lowest BCUT2D eigenvalue weighted by Crippen LogP contribution is -2.38. The molecule has 1 aliphatic heterocycles. The minimum absolute atomic E-state index is 0.0320. The first-order valence-electron chi connectivity index (χ1n) is 11.1. The van der Waals surface area contributed by atoms with Crippen molar-refractivity contribution in [2.75, 3.05) is 11.4 Å². The second-order valence-corrected chi connectivity index (χ2v) is 9.42. The van der Waals surface area contributed by atoms with Crippen molar-refractivity contribution < 1.29 is 26.3 Å². The number of aromatic nitrogens is 3. The summed E-state index contributed by atoms with van der Waals surface area (Å²) in [5.41, 5.74) is -0.601. The fourth-order valence-corrected chi connectivity index (χ4v) is 5.41. The molecule has 1 aliphatic carbocycles. The van der Waals surface area contributed by atoms with Crippen LogP contribution in [0.2, 0.25) is 5.02 Å². The summed E-state index contributed by atoms with van der Waals surface area (Å²) < 4.78 is 80.7. The van der Waals surface area contributed by atoms with E-state index in [0.29, 0.717) is 23.8 Å². The Kier molecular flexibility index (Phi) is 5.69. The van der Waals surface area contributed by atoms with Crippen molar-refractivity contribution >= 4 is 28.5 Å². The van der Waals surface area contributed by atoms with E-state index in [1.807, 2.05) is 12.1 Å². The molecule has 0 amide bonds. The summed E-state index contributed by atoms with van der Waals surface area (Å²) in [7, 11) is 0. The van der Waals surface area contributed by atoms with Gasteiger partial charge in [0.1, 0.15) is 0 Å². The second kappa shape index (κ2) is 8.32. The van der Waals surface area contributed by atoms with Gasteiger partial charge in [-0.3, -0.25) is 0 Å². The standard InChI is InChI=1S/C23H21ClF6N4/c24-13-5-6-16-15(10-13)14-7-8-34(17(20(14)31-16)9-12-3-1-2-4-12)21-32-18(22(25,26)27)11-19(33-21)23(28,29)30/h5-6,10-12,17,31H,1-4,7-9H2/t17-/m0/s1. The largest absolute Gasteiger partial charge is 0.433 e. The lowest BCUT2D eigenvalue weighted by molar-refractivity contribution is -0.147. The molecule has 34 heavy (non-hydrogen) atoms. The molecule has 0 spiro atoms. The van der Waals surface area contributed by atoms with E-state index in [4.69, 9.17) is 11.6 Å². The molecular formula is C23H21ClF6N4. The number of nitrogens with zero attached hydrogens (tertiary/aromatic N) is 3. The fourth-order valence-electron chi connectivity index (χ4n) is 5.24. The van der Waals surface area contributed by atoms with Crippen LogP contribution in [0.3, 0.4) is 0 Å². The van der Waals surface area contributed by atoms with E-state index in [9.17, 15) is 26.3 Å². The van der Waals surface area contributed by atoms with Crippen molar-refractivity contribution in [3.63, 3.8) is 0 Å². The molecule has 3 aromatic rings. The molecule has 4 nitrogen and oxygen atoms in total. The Morgan fingerprint density at radius 2 is 1.62 bits per heavy atom. The van der Waals surface area contributed by atoms with Crippen LogP contribution in [0, 0.1) is 5.92 Å². The first kappa shape index (κ1) is 23.3. The Labute approximate surface area is 196 Å². The predicted octanol–water partition coefficient (Wildman–Crippen LogP) is 7.33. The third-order valence-electron chi connectivity index (χ3n) is 6.80. The molecular weight excluding hydrogens is 482 g/mol. The Morgan fingerprint density at radius 3 is 2.24 bits per heavy atom. The molecule has 1 N–H and O–H groups in total. The zero-order valence-corrected chi connectivity index (χ0v) is 18.7. The molecule has 1 atom stereocenters. The van der Waals surface area contributed by atoms with Crippen molar-refractivity contribution in [2.24, 2.45) is 5.92 Å². The van der Waals surface area contributed by atoms with Crippen LogP contribution >= 0.6 is 11.6 Å². The lowest BCUT2D eigenvalue weighted by Gasteiger charge is -2.37. The third kappa shape index (κ3) is 4.32. The molecule has 5 rings (SSSR count). The maximum atomic E-state index is 13.4. The number of anilines is 1. The number of alkyl halides is 6. The van der Waals surface area contributed by atoms with Crippen LogP contribution in [0.25, 0.3) is 10.9 Å². The van der Waals surface area contributed by atoms with E-state index in [1.54, 1.807) is 6.07 Å². The van der Waals surface area contributed by atoms with E-state index in [-0.39, 0.29) is 12.6 Å². The summed E-state index contributed by atoms with van der Waals surface area (Å²) in [5.74, 6) is -0.228. The van der Waals surface area contributed by atoms with Crippen molar-refractivity contribution in [1.82, 2.24) is 15.0 Å². The van der Waals surface area contributed by atoms with Crippen molar-refractivity contribution in [2.45, 2.75) is 56.9 Å². The van der Waals surface area contributed by atoms with Crippen LogP contribution in [0.4, 0.5) is 32.3 Å². The van der Waals surface area contributed by atoms with E-state index in [2.05, 4.69) is 15.0 Å². The molecule has 2 aromatic heterocycles. The summed E-state index contributed by atoms with van der Waals surface area (Å²) in [6.07, 6.45) is -4.98. The van der Waals surface area contributed by atoms with Gasteiger partial charge in [-0.05, 0) is 48.6 Å². The molecule has 0 bridgehead atoms. The highest BCUT2D eigenvalue weighted by molar-refractivity contribution is 6.31. The number of halogens is 7. The van der Waals surface area contributed by atoms with Crippen LogP contribution in [0.1, 0.15) is 60.8 Å². The number of nitrogens with one attached hydrogen (secondary N) is 1. The van der Waals surface area contributed by atoms with Gasteiger partial charge >= 0.3 is 12.4 Å². The van der Waals surface area contributed by atoms with Gasteiger partial charge in [-0.25, -0.2) is 9.97 Å². The molecule has 2 aliphatic rings. The van der Waals surface area contributed by atoms with Gasteiger partial charge < -0.3 is 9.88 Å². The van der Waals surface area contributed by atoms with E-state index in [0.717, 1.165) is 47.8 Å². The molecule has 3 heterocycles. The van der Waals surface area contributed by atoms with E-state index >= 15 is 0 Å². The molecule has 11 heteroatoms. The topological polar surface area (TPSA) is 44.8 Å². The average Bonchev–Trinajstić information content (AvgIpc) is 3.40. The summed E-state index contributed by atoms with van der Waals surface area (Å²) in [5, 5.41) is 1.47. The number of rotatable bonds is 3. The van der Waals surface area contributed by atoms with Gasteiger partial charge in [-0.1, -0.05) is 37.3 Å². The quantitative estimate of drug-likeness (QED) is 0.381. The molecule has 1 fully saturated rings. The van der Waals surface area contributed by atoms with Gasteiger partial charge in [0.05, 0.1) is 6.04 Å². The van der Waals surface area contributed by atoms with Crippen LogP contribution in [0.15, 0.2) is 24.3 Å². The molecule has 182 valence electrons. The zero-order valence-electron chi connectivity index (χ0n) is 17.9. The molecule has 0 radical (unpaired) electrons. The van der Waals surface area contributed by atoms with Gasteiger partial charge in [0.15, 0.2) is 11.4 Å². The molecule has 1 aromatic carbocycles. The van der Waals surface area contributed by atoms with Gasteiger partial charge in [-0.15, -0.1) is 0 Å². The van der Waals surface area contributed by atoms with Gasteiger partial charge in [-0.2, -0.15) is 26.3 Å². The highest BCUT2D eigenvalue weighted by Crippen LogP contribution is 2.44. The van der Waals surface area contributed by atoms with Crippen LogP contribution in [-0.4, -0.2) is 21.5 Å². The number of hydrogen-bond acceptors (Lipinski definition) is 3. The number of benzene rings is 1. The fraction of sp³-hybridized carbons (Fsp3) is 0.478. The zero-order chi connectivity index (χ0) is 24.3. The lowest BCUT2D eigenvalue weighted by atomic mass is 9.89. The van der Waals surface area contributed by atoms with Crippen molar-refractivity contribution in [1.29, 1.82) is 0 Å². The summed E-state index contributed by atoms with van der Waals surface area (Å²) in [4.78, 5) is 12.0. The average molecular weight is 503 g/mol. The van der Waals surface area contributed by atoms with Crippen LogP contribution < -0.4 is 4.90 Å². The maximum absolute atomic E-state index is 13.4. The second-order valence-electron chi connectivity index (χ2n) is 8.99. The third-order valence-corrected chi connectivity index (χ3v) is 7.03. The number of hydrogen-bond donors (Lipinski definition) is 1. The van der Waals surface area contributed by atoms with Gasteiger partial charge in [0.2, 0.25) is 5.95 Å². The Bertz CT molecular complexity index is 1180. The minimum atomic E-state index is -5.03. The van der Waals surface area contributed by atoms with Gasteiger partial charge in [0.25, 0.3) is 0 Å². The summed E-state index contributed by atoms with van der Waals surface area (Å²) in [6, 6.07) is 4.89. The number of fused-ring (bicyclic) bond motifs is 3. The van der Waals surface area contributed by atoms with Gasteiger partial charge in [0, 0.05) is 28.2 Å². The van der Waals surface area contributed by atoms with Crippen LogP contribution in [-0.2, 0) is 18.8 Å². The molecule has 0 unspecified atom stereocenters. The number of H-pyrrole nitrogens is 1. The number of aromatic amines is 1. The molecule has 1 saturated carbocycles.